The number of nitrogens with zero attached hydrogens (tertiary/aromatic N) is 3. The summed E-state index contributed by atoms with van der Waals surface area (Å²) in [6.45, 7) is 3.74. The van der Waals surface area contributed by atoms with Crippen molar-refractivity contribution in [2.24, 2.45) is 0 Å². The molecule has 8 nitrogen and oxygen atoms in total. The van der Waals surface area contributed by atoms with Gasteiger partial charge in [0.1, 0.15) is 11.4 Å². The van der Waals surface area contributed by atoms with Crippen molar-refractivity contribution >= 4 is 29.2 Å². The number of aryl methyl sites for hydroxylation is 2. The number of aromatic nitrogens is 3. The summed E-state index contributed by atoms with van der Waals surface area (Å²) in [5.41, 5.74) is 4.38. The molecule has 0 aliphatic heterocycles. The van der Waals surface area contributed by atoms with Gasteiger partial charge in [-0.25, -0.2) is 9.37 Å². The normalized spacial score (nSPS) is 12.8. The average Bonchev–Trinajstić information content (AvgIpc) is 3.59. The molecule has 1 amide bonds. The van der Waals surface area contributed by atoms with Gasteiger partial charge in [-0.2, -0.15) is 0 Å². The molecule has 0 aromatic carbocycles. The Morgan fingerprint density at radius 2 is 2.03 bits per heavy atom. The Bertz CT molecular complexity index is 1180. The van der Waals surface area contributed by atoms with Gasteiger partial charge in [-0.3, -0.25) is 14.8 Å². The van der Waals surface area contributed by atoms with Crippen molar-refractivity contribution in [1.82, 2.24) is 20.3 Å². The molecule has 3 aromatic heterocycles. The van der Waals surface area contributed by atoms with Crippen molar-refractivity contribution in [1.29, 1.82) is 5.41 Å². The molecule has 9 heteroatoms. The van der Waals surface area contributed by atoms with E-state index in [0.717, 1.165) is 24.6 Å². The molecular weight excluding hydrogens is 409 g/mol. The number of nitrogens with one attached hydrogen (secondary N) is 4. The van der Waals surface area contributed by atoms with Gasteiger partial charge >= 0.3 is 0 Å². The van der Waals surface area contributed by atoms with Crippen LogP contribution < -0.4 is 16.0 Å². The minimum atomic E-state index is -0.447. The number of pyridine rings is 3. The Morgan fingerprint density at radius 3 is 2.78 bits per heavy atom. The van der Waals surface area contributed by atoms with Gasteiger partial charge in [-0.05, 0) is 56.5 Å². The SMILES string of the molecule is Cc1ccc(F)c(-c2cc(Nc3ccnc(C=N)c3NCC(=O)NC3CC3)c(C)cn2)n1. The van der Waals surface area contributed by atoms with Gasteiger partial charge in [0.25, 0.3) is 0 Å². The zero-order valence-electron chi connectivity index (χ0n) is 17.9. The predicted molar refractivity (Wildman–Crippen MR) is 122 cm³/mol. The molecule has 4 rings (SSSR count). The molecule has 3 heterocycles. The highest BCUT2D eigenvalue weighted by molar-refractivity contribution is 5.92. The van der Waals surface area contributed by atoms with Crippen molar-refractivity contribution in [3.05, 3.63) is 59.4 Å². The molecule has 0 radical (unpaired) electrons. The first-order valence-corrected chi connectivity index (χ1v) is 10.3. The molecule has 0 bridgehead atoms. The van der Waals surface area contributed by atoms with Crippen molar-refractivity contribution in [3.8, 4) is 11.4 Å². The van der Waals surface area contributed by atoms with E-state index < -0.39 is 5.82 Å². The first-order valence-electron chi connectivity index (χ1n) is 10.3. The first-order chi connectivity index (χ1) is 15.4. The van der Waals surface area contributed by atoms with E-state index in [-0.39, 0.29) is 24.2 Å². The van der Waals surface area contributed by atoms with E-state index in [9.17, 15) is 9.18 Å². The first kappa shape index (κ1) is 21.4. The molecule has 1 aliphatic rings. The standard InChI is InChI=1S/C23H24FN7O/c1-13-11-27-19(22-16(24)6-3-14(2)29-22)9-18(13)31-17-7-8-26-20(10-25)23(17)28-12-21(32)30-15-4-5-15/h3,6-11,15,25,28H,4-5,12H2,1-2H3,(H,30,32)(H,26,27,31). The number of hydrogen-bond acceptors (Lipinski definition) is 7. The van der Waals surface area contributed by atoms with Gasteiger partial charge in [0.05, 0.1) is 23.6 Å². The second-order valence-electron chi connectivity index (χ2n) is 7.75. The summed E-state index contributed by atoms with van der Waals surface area (Å²) in [5, 5.41) is 17.0. The van der Waals surface area contributed by atoms with Gasteiger partial charge in [0, 0.05) is 36.0 Å². The van der Waals surface area contributed by atoms with E-state index in [1.807, 2.05) is 6.92 Å². The van der Waals surface area contributed by atoms with Crippen molar-refractivity contribution < 1.29 is 9.18 Å². The fraction of sp³-hybridized carbons (Fsp3) is 0.261. The number of carbonyl (C=O) groups excluding carboxylic acids is 1. The Balaban J connectivity index is 1.62. The van der Waals surface area contributed by atoms with Crippen molar-refractivity contribution in [2.45, 2.75) is 32.7 Å². The van der Waals surface area contributed by atoms with Crippen LogP contribution in [0.25, 0.3) is 11.4 Å². The highest BCUT2D eigenvalue weighted by Crippen LogP contribution is 2.31. The topological polar surface area (TPSA) is 116 Å². The third-order valence-corrected chi connectivity index (χ3v) is 5.09. The lowest BCUT2D eigenvalue weighted by atomic mass is 10.1. The van der Waals surface area contributed by atoms with Crippen LogP contribution in [0.15, 0.2) is 36.7 Å². The second kappa shape index (κ2) is 9.09. The second-order valence-corrected chi connectivity index (χ2v) is 7.75. The highest BCUT2D eigenvalue weighted by atomic mass is 19.1. The van der Waals surface area contributed by atoms with E-state index in [1.54, 1.807) is 37.5 Å². The molecule has 4 N–H and O–H groups in total. The molecule has 1 saturated carbocycles. The minimum absolute atomic E-state index is 0.0662. The molecular formula is C23H24FN7O. The summed E-state index contributed by atoms with van der Waals surface area (Å²) in [4.78, 5) is 25.0. The van der Waals surface area contributed by atoms with E-state index in [1.165, 1.54) is 6.07 Å². The Labute approximate surface area is 185 Å². The monoisotopic (exact) mass is 433 g/mol. The van der Waals surface area contributed by atoms with Crippen LogP contribution in [0.3, 0.4) is 0 Å². The van der Waals surface area contributed by atoms with Crippen molar-refractivity contribution in [2.75, 3.05) is 17.2 Å². The third-order valence-electron chi connectivity index (χ3n) is 5.09. The minimum Gasteiger partial charge on any atom is -0.373 e. The van der Waals surface area contributed by atoms with Gasteiger partial charge in [-0.1, -0.05) is 0 Å². The van der Waals surface area contributed by atoms with Crippen LogP contribution >= 0.6 is 0 Å². The van der Waals surface area contributed by atoms with Crippen LogP contribution in [0.5, 0.6) is 0 Å². The van der Waals surface area contributed by atoms with Gasteiger partial charge in [-0.15, -0.1) is 0 Å². The maximum Gasteiger partial charge on any atom is 0.239 e. The lowest BCUT2D eigenvalue weighted by molar-refractivity contribution is -0.119. The number of hydrogen-bond donors (Lipinski definition) is 4. The van der Waals surface area contributed by atoms with Crippen LogP contribution in [-0.4, -0.2) is 39.7 Å². The molecule has 164 valence electrons. The number of amides is 1. The molecule has 0 atom stereocenters. The van der Waals surface area contributed by atoms with E-state index in [2.05, 4.69) is 30.9 Å². The molecule has 3 aromatic rings. The van der Waals surface area contributed by atoms with Crippen LogP contribution in [0, 0.1) is 25.1 Å². The summed E-state index contributed by atoms with van der Waals surface area (Å²) in [7, 11) is 0. The number of rotatable bonds is 8. The third kappa shape index (κ3) is 4.88. The molecule has 0 unspecified atom stereocenters. The van der Waals surface area contributed by atoms with Crippen LogP contribution in [-0.2, 0) is 4.79 Å². The van der Waals surface area contributed by atoms with Crippen LogP contribution in [0.1, 0.15) is 29.8 Å². The zero-order valence-corrected chi connectivity index (χ0v) is 17.9. The predicted octanol–water partition coefficient (Wildman–Crippen LogP) is 3.73. The quantitative estimate of drug-likeness (QED) is 0.403. The largest absolute Gasteiger partial charge is 0.373 e. The Morgan fingerprint density at radius 1 is 1.22 bits per heavy atom. The Hall–Kier alpha value is -3.88. The molecule has 0 spiro atoms. The van der Waals surface area contributed by atoms with Crippen LogP contribution in [0.2, 0.25) is 0 Å². The number of carbonyl (C=O) groups is 1. The fourth-order valence-corrected chi connectivity index (χ4v) is 3.20. The summed E-state index contributed by atoms with van der Waals surface area (Å²) in [6.07, 6.45) is 6.38. The maximum atomic E-state index is 14.3. The maximum absolute atomic E-state index is 14.3. The summed E-state index contributed by atoms with van der Waals surface area (Å²) in [5.74, 6) is -0.557. The van der Waals surface area contributed by atoms with E-state index in [4.69, 9.17) is 5.41 Å². The lowest BCUT2D eigenvalue weighted by Crippen LogP contribution is -2.31. The van der Waals surface area contributed by atoms with Crippen LogP contribution in [0.4, 0.5) is 21.5 Å². The lowest BCUT2D eigenvalue weighted by Gasteiger charge is -2.17. The molecule has 32 heavy (non-hydrogen) atoms. The zero-order chi connectivity index (χ0) is 22.7. The highest BCUT2D eigenvalue weighted by Gasteiger charge is 2.23. The van der Waals surface area contributed by atoms with Gasteiger partial charge in [0.2, 0.25) is 5.91 Å². The molecule has 1 fully saturated rings. The average molecular weight is 433 g/mol. The number of halogens is 1. The van der Waals surface area contributed by atoms with Gasteiger partial charge in [0.15, 0.2) is 5.82 Å². The van der Waals surface area contributed by atoms with Gasteiger partial charge < -0.3 is 21.4 Å². The summed E-state index contributed by atoms with van der Waals surface area (Å²) in [6, 6.07) is 6.74. The molecule has 0 saturated heterocycles. The molecule has 1 aliphatic carbocycles. The van der Waals surface area contributed by atoms with Crippen molar-refractivity contribution in [3.63, 3.8) is 0 Å². The Kier molecular flexibility index (Phi) is 6.07. The fourth-order valence-electron chi connectivity index (χ4n) is 3.20. The van der Waals surface area contributed by atoms with E-state index >= 15 is 0 Å². The summed E-state index contributed by atoms with van der Waals surface area (Å²) < 4.78 is 14.3. The number of anilines is 3. The van der Waals surface area contributed by atoms with E-state index in [0.29, 0.717) is 34.1 Å². The smallest absolute Gasteiger partial charge is 0.239 e. The summed E-state index contributed by atoms with van der Waals surface area (Å²) >= 11 is 0.